The van der Waals surface area contributed by atoms with E-state index in [2.05, 4.69) is 35.5 Å². The van der Waals surface area contributed by atoms with E-state index in [1.54, 1.807) is 54.6 Å². The third-order valence-corrected chi connectivity index (χ3v) is 8.74. The fraction of sp³-hybridized carbons (Fsp3) is 0.414. The Hall–Kier alpha value is -4.23. The highest BCUT2D eigenvalue weighted by Gasteiger charge is 2.62. The fourth-order valence-electron chi connectivity index (χ4n) is 4.57. The van der Waals surface area contributed by atoms with Crippen molar-refractivity contribution in [2.24, 2.45) is 5.16 Å². The van der Waals surface area contributed by atoms with Crippen LogP contribution in [0.15, 0.2) is 65.8 Å². The Balaban J connectivity index is 1.52. The number of oxime groups is 1. The van der Waals surface area contributed by atoms with Crippen molar-refractivity contribution in [3.05, 3.63) is 71.8 Å². The van der Waals surface area contributed by atoms with Crippen LogP contribution >= 0.6 is 0 Å². The molecule has 1 saturated heterocycles. The quantitative estimate of drug-likeness (QED) is 0.214. The van der Waals surface area contributed by atoms with Gasteiger partial charge in [-0.15, -0.1) is 0 Å². The molecule has 0 saturated carbocycles. The third kappa shape index (κ3) is 7.34. The number of β-lactam (4-membered cyclic amide) rings is 1. The van der Waals surface area contributed by atoms with E-state index in [9.17, 15) is 24.3 Å². The number of benzene rings is 2. The summed E-state index contributed by atoms with van der Waals surface area (Å²) in [6, 6.07) is 15.6. The average Bonchev–Trinajstić information content (AvgIpc) is 2.94. The molecule has 0 spiro atoms. The van der Waals surface area contributed by atoms with Crippen molar-refractivity contribution in [1.82, 2.24) is 15.8 Å². The van der Waals surface area contributed by atoms with E-state index >= 15 is 0 Å². The van der Waals surface area contributed by atoms with Crippen LogP contribution < -0.4 is 10.7 Å². The Labute approximate surface area is 245 Å². The van der Waals surface area contributed by atoms with Gasteiger partial charge >= 0.3 is 12.1 Å². The number of nitrogens with zero attached hydrogens (tertiary/aromatic N) is 2. The number of rotatable bonds is 10. The molecule has 2 aliphatic heterocycles. The first-order valence-corrected chi connectivity index (χ1v) is 17.3. The molecule has 2 heterocycles. The number of hydrogen-bond acceptors (Lipinski definition) is 9. The van der Waals surface area contributed by atoms with Gasteiger partial charge in [0, 0.05) is 8.07 Å². The number of hydrazine groups is 1. The predicted octanol–water partition coefficient (Wildman–Crippen LogP) is 2.27. The SMILES string of the molecule is C[C@@]1(O)[C@@H]([C@H]2[C@@H](NC(=O)Cc3ccccc3)C(=O)N2NC(=O)OCC[Si](C)(C)C)ON=C[C@H]1OC(=O)c1ccccc1. The molecule has 2 aliphatic rings. The molecule has 3 amide bonds. The molecule has 224 valence electrons. The van der Waals surface area contributed by atoms with Gasteiger partial charge in [0.05, 0.1) is 24.8 Å². The first-order chi connectivity index (χ1) is 19.9. The third-order valence-electron chi connectivity index (χ3n) is 7.04. The molecule has 0 radical (unpaired) electrons. The van der Waals surface area contributed by atoms with Crippen LogP contribution in [0.2, 0.25) is 25.7 Å². The molecular formula is C29H36N4O8Si. The predicted molar refractivity (Wildman–Crippen MR) is 155 cm³/mol. The Morgan fingerprint density at radius 3 is 2.36 bits per heavy atom. The molecule has 13 heteroatoms. The second kappa shape index (κ2) is 12.7. The number of ether oxygens (including phenoxy) is 2. The largest absolute Gasteiger partial charge is 0.450 e. The summed E-state index contributed by atoms with van der Waals surface area (Å²) < 4.78 is 10.8. The van der Waals surface area contributed by atoms with Gasteiger partial charge < -0.3 is 24.7 Å². The number of aliphatic hydroxyl groups is 1. The topological polar surface area (TPSA) is 156 Å². The Morgan fingerprint density at radius 1 is 1.07 bits per heavy atom. The molecule has 5 atom stereocenters. The summed E-state index contributed by atoms with van der Waals surface area (Å²) in [6.45, 7) is 7.94. The van der Waals surface area contributed by atoms with Crippen LogP contribution in [-0.2, 0) is 30.3 Å². The average molecular weight is 597 g/mol. The van der Waals surface area contributed by atoms with Gasteiger partial charge in [0.1, 0.15) is 17.7 Å². The maximum Gasteiger partial charge on any atom is 0.426 e. The molecule has 42 heavy (non-hydrogen) atoms. The second-order valence-corrected chi connectivity index (χ2v) is 17.3. The maximum absolute atomic E-state index is 13.2. The van der Waals surface area contributed by atoms with Crippen LogP contribution in [0.3, 0.4) is 0 Å². The van der Waals surface area contributed by atoms with Crippen LogP contribution in [0.1, 0.15) is 22.8 Å². The Morgan fingerprint density at radius 2 is 1.71 bits per heavy atom. The van der Waals surface area contributed by atoms with E-state index in [4.69, 9.17) is 14.3 Å². The summed E-state index contributed by atoms with van der Waals surface area (Å²) in [7, 11) is -1.48. The minimum absolute atomic E-state index is 0.000878. The van der Waals surface area contributed by atoms with E-state index in [1.807, 2.05) is 6.07 Å². The van der Waals surface area contributed by atoms with Crippen LogP contribution in [0, 0.1) is 0 Å². The minimum Gasteiger partial charge on any atom is -0.450 e. The maximum atomic E-state index is 13.2. The Kier molecular flexibility index (Phi) is 9.32. The first-order valence-electron chi connectivity index (χ1n) is 13.6. The van der Waals surface area contributed by atoms with Gasteiger partial charge in [-0.05, 0) is 30.7 Å². The van der Waals surface area contributed by atoms with E-state index in [-0.39, 0.29) is 18.6 Å². The molecule has 12 nitrogen and oxygen atoms in total. The van der Waals surface area contributed by atoms with Crippen molar-refractivity contribution in [2.75, 3.05) is 6.61 Å². The molecule has 3 N–H and O–H groups in total. The minimum atomic E-state index is -1.93. The highest BCUT2D eigenvalue weighted by Crippen LogP contribution is 2.34. The second-order valence-electron chi connectivity index (χ2n) is 11.7. The number of amides is 3. The van der Waals surface area contributed by atoms with E-state index in [1.165, 1.54) is 6.92 Å². The van der Waals surface area contributed by atoms with Crippen molar-refractivity contribution in [2.45, 2.75) is 68.9 Å². The highest BCUT2D eigenvalue weighted by atomic mass is 28.3. The number of hydrogen-bond donors (Lipinski definition) is 3. The molecular weight excluding hydrogens is 560 g/mol. The lowest BCUT2D eigenvalue weighted by atomic mass is 9.80. The van der Waals surface area contributed by atoms with Gasteiger partial charge in [-0.1, -0.05) is 73.3 Å². The van der Waals surface area contributed by atoms with Gasteiger partial charge in [0.2, 0.25) is 5.91 Å². The lowest BCUT2D eigenvalue weighted by Crippen LogP contribution is -2.81. The van der Waals surface area contributed by atoms with Crippen LogP contribution in [-0.4, -0.2) is 84.8 Å². The van der Waals surface area contributed by atoms with Gasteiger partial charge in [-0.2, -0.15) is 0 Å². The normalized spacial score (nSPS) is 25.1. The lowest BCUT2D eigenvalue weighted by molar-refractivity contribution is -0.207. The number of carbonyl (C=O) groups is 4. The summed E-state index contributed by atoms with van der Waals surface area (Å²) in [5.41, 5.74) is 1.48. The smallest absolute Gasteiger partial charge is 0.426 e. The molecule has 0 bridgehead atoms. The summed E-state index contributed by atoms with van der Waals surface area (Å²) in [4.78, 5) is 57.0. The number of carbonyl (C=O) groups excluding carboxylic acids is 4. The summed E-state index contributed by atoms with van der Waals surface area (Å²) >= 11 is 0. The molecule has 0 unspecified atom stereocenters. The zero-order chi connectivity index (χ0) is 30.5. The summed E-state index contributed by atoms with van der Waals surface area (Å²) in [6.07, 6.45) is -2.32. The molecule has 2 aromatic carbocycles. The van der Waals surface area contributed by atoms with Crippen molar-refractivity contribution in [3.63, 3.8) is 0 Å². The monoisotopic (exact) mass is 596 g/mol. The lowest BCUT2D eigenvalue weighted by Gasteiger charge is -2.52. The van der Waals surface area contributed by atoms with E-state index < -0.39 is 61.8 Å². The van der Waals surface area contributed by atoms with Gasteiger partial charge in [-0.3, -0.25) is 9.59 Å². The molecule has 1 fully saturated rings. The van der Waals surface area contributed by atoms with Crippen molar-refractivity contribution >= 4 is 38.2 Å². The van der Waals surface area contributed by atoms with Crippen LogP contribution in [0.25, 0.3) is 0 Å². The van der Waals surface area contributed by atoms with E-state index in [0.717, 1.165) is 22.8 Å². The zero-order valence-corrected chi connectivity index (χ0v) is 25.0. The number of nitrogens with one attached hydrogen (secondary N) is 2. The zero-order valence-electron chi connectivity index (χ0n) is 24.0. The molecule has 2 aromatic rings. The van der Waals surface area contributed by atoms with Crippen molar-refractivity contribution in [1.29, 1.82) is 0 Å². The van der Waals surface area contributed by atoms with Gasteiger partial charge in [0.25, 0.3) is 5.91 Å². The standard InChI is InChI=1S/C29H36N4O8Si/c1-29(38)21(40-27(36)20-13-9-6-10-14-20)18-30-41-25(29)24-23(31-22(34)17-19-11-7-5-8-12-19)26(35)33(24)32-28(37)39-15-16-42(2,3)4/h5-14,18,21,23-25,38H,15-17H2,1-4H3,(H,31,34)(H,32,37)/t21-,23-,24-,25-,29+/m1/s1. The molecule has 0 aromatic heterocycles. The van der Waals surface area contributed by atoms with Gasteiger partial charge in [-0.25, -0.2) is 20.0 Å². The summed E-state index contributed by atoms with van der Waals surface area (Å²) in [5, 5.41) is 19.1. The summed E-state index contributed by atoms with van der Waals surface area (Å²) in [5.74, 6) is -1.80. The van der Waals surface area contributed by atoms with Gasteiger partial charge in [0.15, 0.2) is 12.2 Å². The highest BCUT2D eigenvalue weighted by molar-refractivity contribution is 6.76. The van der Waals surface area contributed by atoms with Crippen molar-refractivity contribution in [3.8, 4) is 0 Å². The fourth-order valence-corrected chi connectivity index (χ4v) is 5.29. The molecule has 0 aliphatic carbocycles. The Bertz CT molecular complexity index is 1320. The van der Waals surface area contributed by atoms with Crippen LogP contribution in [0.4, 0.5) is 4.79 Å². The van der Waals surface area contributed by atoms with E-state index in [0.29, 0.717) is 0 Å². The number of esters is 1. The molecule has 4 rings (SSSR count). The first kappa shape index (κ1) is 30.7. The van der Waals surface area contributed by atoms with Crippen LogP contribution in [0.5, 0.6) is 0 Å². The van der Waals surface area contributed by atoms with Crippen molar-refractivity contribution < 1.29 is 38.6 Å².